The average molecular weight is 471 g/mol. The van der Waals surface area contributed by atoms with Crippen LogP contribution >= 0.6 is 0 Å². The molecular formula is C23H25N3O8. The van der Waals surface area contributed by atoms with Gasteiger partial charge in [0.2, 0.25) is 5.91 Å². The topological polar surface area (TPSA) is 140 Å². The molecule has 4 atom stereocenters. The van der Waals surface area contributed by atoms with E-state index >= 15 is 0 Å². The molecule has 3 aliphatic heterocycles. The molecule has 3 aliphatic rings. The Morgan fingerprint density at radius 1 is 1.32 bits per heavy atom. The van der Waals surface area contributed by atoms with Gasteiger partial charge in [0.15, 0.2) is 0 Å². The number of nitrogens with zero attached hydrogens (tertiary/aromatic N) is 3. The van der Waals surface area contributed by atoms with E-state index in [1.54, 1.807) is 0 Å². The maximum Gasteiger partial charge on any atom is 0.410 e. The van der Waals surface area contributed by atoms with Gasteiger partial charge in [0, 0.05) is 18.7 Å². The molecule has 0 bridgehead atoms. The van der Waals surface area contributed by atoms with Crippen molar-refractivity contribution in [3.05, 3.63) is 63.9 Å². The number of aliphatic hydroxyl groups is 1. The molecule has 1 N–H and O–H groups in total. The number of nitro benzene ring substituents is 1. The molecular weight excluding hydrogens is 446 g/mol. The van der Waals surface area contributed by atoms with Crippen molar-refractivity contribution in [3.63, 3.8) is 0 Å². The van der Waals surface area contributed by atoms with Crippen molar-refractivity contribution < 1.29 is 33.9 Å². The molecule has 1 aromatic rings. The number of benzene rings is 1. The van der Waals surface area contributed by atoms with Crippen LogP contribution in [0.25, 0.3) is 0 Å². The van der Waals surface area contributed by atoms with Crippen molar-refractivity contribution in [1.82, 2.24) is 9.80 Å². The number of carbonyl (C=O) groups is 3. The highest BCUT2D eigenvalue weighted by Crippen LogP contribution is 2.49. The number of carbonyl (C=O) groups excluding carboxylic acids is 3. The van der Waals surface area contributed by atoms with E-state index in [1.165, 1.54) is 47.1 Å². The summed E-state index contributed by atoms with van der Waals surface area (Å²) in [7, 11) is 0. The van der Waals surface area contributed by atoms with E-state index in [0.717, 1.165) is 0 Å². The highest BCUT2D eigenvalue weighted by molar-refractivity contribution is 6.01. The zero-order chi connectivity index (χ0) is 24.6. The number of non-ortho nitro benzene ring substituents is 1. The largest absolute Gasteiger partial charge is 0.456 e. The van der Waals surface area contributed by atoms with Crippen molar-refractivity contribution in [2.45, 2.75) is 44.6 Å². The molecule has 0 aliphatic carbocycles. The second kappa shape index (κ2) is 9.26. The van der Waals surface area contributed by atoms with Crippen molar-refractivity contribution in [2.75, 3.05) is 13.2 Å². The number of fused-ring (bicyclic) bond motifs is 3. The fraction of sp³-hybridized carbons (Fsp3) is 0.435. The molecule has 0 spiro atoms. The van der Waals surface area contributed by atoms with Gasteiger partial charge in [0.1, 0.15) is 18.9 Å². The van der Waals surface area contributed by atoms with Crippen molar-refractivity contribution >= 4 is 23.7 Å². The Kier molecular flexibility index (Phi) is 6.38. The molecule has 3 heterocycles. The first-order valence-electron chi connectivity index (χ1n) is 10.9. The molecule has 0 unspecified atom stereocenters. The summed E-state index contributed by atoms with van der Waals surface area (Å²) < 4.78 is 10.7. The second-order valence-electron chi connectivity index (χ2n) is 8.45. The van der Waals surface area contributed by atoms with E-state index in [2.05, 4.69) is 6.58 Å². The number of esters is 1. The molecule has 180 valence electrons. The van der Waals surface area contributed by atoms with Crippen molar-refractivity contribution in [2.24, 2.45) is 5.92 Å². The molecule has 0 radical (unpaired) electrons. The minimum Gasteiger partial charge on any atom is -0.456 e. The number of amides is 2. The molecule has 1 aromatic carbocycles. The lowest BCUT2D eigenvalue weighted by Gasteiger charge is -2.49. The van der Waals surface area contributed by atoms with Crippen LogP contribution in [0.5, 0.6) is 0 Å². The fourth-order valence-electron chi connectivity index (χ4n) is 4.92. The first kappa shape index (κ1) is 23.4. The summed E-state index contributed by atoms with van der Waals surface area (Å²) in [5, 5.41) is 21.0. The van der Waals surface area contributed by atoms with E-state index < -0.39 is 47.0 Å². The van der Waals surface area contributed by atoms with Gasteiger partial charge in [-0.1, -0.05) is 12.7 Å². The minimum atomic E-state index is -0.960. The maximum atomic E-state index is 13.1. The van der Waals surface area contributed by atoms with Crippen LogP contribution in [0.2, 0.25) is 0 Å². The summed E-state index contributed by atoms with van der Waals surface area (Å²) in [5.41, 5.74) is 1.17. The minimum absolute atomic E-state index is 0.0262. The third-order valence-electron chi connectivity index (χ3n) is 6.38. The fourth-order valence-corrected chi connectivity index (χ4v) is 4.92. The van der Waals surface area contributed by atoms with Crippen molar-refractivity contribution in [3.8, 4) is 0 Å². The average Bonchev–Trinajstić information content (AvgIpc) is 3.11. The number of likely N-dealkylation sites (tertiary alicyclic amines) is 1. The van der Waals surface area contributed by atoms with Crippen LogP contribution in [0.1, 0.15) is 25.3 Å². The lowest BCUT2D eigenvalue weighted by Crippen LogP contribution is -2.68. The van der Waals surface area contributed by atoms with Gasteiger partial charge in [-0.2, -0.15) is 0 Å². The Bertz CT molecular complexity index is 1060. The number of hydrogen-bond acceptors (Lipinski definition) is 8. The Hall–Kier alpha value is -3.73. The number of hydrogen-bond donors (Lipinski definition) is 1. The van der Waals surface area contributed by atoms with Gasteiger partial charge in [0.25, 0.3) is 5.69 Å². The molecule has 0 aromatic heterocycles. The van der Waals surface area contributed by atoms with E-state index in [4.69, 9.17) is 9.47 Å². The van der Waals surface area contributed by atoms with Gasteiger partial charge in [-0.3, -0.25) is 24.7 Å². The number of nitro groups is 1. The molecule has 2 saturated heterocycles. The normalized spacial score (nSPS) is 24.1. The van der Waals surface area contributed by atoms with Gasteiger partial charge in [0.05, 0.1) is 29.0 Å². The zero-order valence-corrected chi connectivity index (χ0v) is 18.6. The molecule has 34 heavy (non-hydrogen) atoms. The summed E-state index contributed by atoms with van der Waals surface area (Å²) in [4.78, 5) is 51.8. The van der Waals surface area contributed by atoms with Crippen LogP contribution in [0.4, 0.5) is 10.5 Å². The lowest BCUT2D eigenvalue weighted by molar-refractivity contribution is -0.384. The third-order valence-corrected chi connectivity index (χ3v) is 6.38. The summed E-state index contributed by atoms with van der Waals surface area (Å²) in [6, 6.07) is 4.42. The van der Waals surface area contributed by atoms with E-state index in [9.17, 15) is 29.6 Å². The third kappa shape index (κ3) is 3.92. The highest BCUT2D eigenvalue weighted by atomic mass is 16.6. The van der Waals surface area contributed by atoms with Gasteiger partial charge < -0.3 is 14.6 Å². The van der Waals surface area contributed by atoms with Crippen LogP contribution in [0.3, 0.4) is 0 Å². The Morgan fingerprint density at radius 2 is 2.03 bits per heavy atom. The summed E-state index contributed by atoms with van der Waals surface area (Å²) in [6.07, 6.45) is 0.976. The van der Waals surface area contributed by atoms with Crippen LogP contribution in [-0.2, 0) is 25.7 Å². The Balaban J connectivity index is 1.59. The van der Waals surface area contributed by atoms with Crippen LogP contribution in [0, 0.1) is 16.0 Å². The molecule has 4 rings (SSSR count). The van der Waals surface area contributed by atoms with Gasteiger partial charge in [-0.05, 0) is 43.0 Å². The van der Waals surface area contributed by atoms with Gasteiger partial charge >= 0.3 is 12.1 Å². The smallest absolute Gasteiger partial charge is 0.410 e. The Morgan fingerprint density at radius 3 is 2.65 bits per heavy atom. The van der Waals surface area contributed by atoms with E-state index in [-0.39, 0.29) is 24.6 Å². The number of aliphatic hydroxyl groups excluding tert-OH is 1. The Labute approximate surface area is 195 Å². The van der Waals surface area contributed by atoms with Crippen LogP contribution in [0.15, 0.2) is 48.2 Å². The first-order chi connectivity index (χ1) is 16.3. The zero-order valence-electron chi connectivity index (χ0n) is 18.6. The summed E-state index contributed by atoms with van der Waals surface area (Å²) >= 11 is 0. The quantitative estimate of drug-likeness (QED) is 0.209. The molecule has 2 fully saturated rings. The SMILES string of the molecule is C=CCOC(=O)N1CCCC2=C(C(=O)OCc3ccc([N+](=O)[O-])cc3)N3C(=O)[C@H]([C@@H](C)O)[C@H]3[C@@H]21. The lowest BCUT2D eigenvalue weighted by atomic mass is 9.78. The van der Waals surface area contributed by atoms with E-state index in [1.807, 2.05) is 0 Å². The number of rotatable bonds is 7. The second-order valence-corrected chi connectivity index (χ2v) is 8.45. The van der Waals surface area contributed by atoms with Gasteiger partial charge in [-0.15, -0.1) is 0 Å². The van der Waals surface area contributed by atoms with Crippen molar-refractivity contribution in [1.29, 1.82) is 0 Å². The van der Waals surface area contributed by atoms with E-state index in [0.29, 0.717) is 30.5 Å². The summed E-state index contributed by atoms with van der Waals surface area (Å²) in [6.45, 7) is 5.32. The standard InChI is InChI=1S/C23H25N3O8/c1-3-11-33-23(30)24-10-4-5-16-18(24)20-17(13(2)27)21(28)25(20)19(16)22(29)34-12-14-6-8-15(9-7-14)26(31)32/h3,6-9,13,17-18,20,27H,1,4-5,10-12H2,2H3/t13-,17-,18-,20+/m1/s1. The molecule has 11 nitrogen and oxygen atoms in total. The maximum absolute atomic E-state index is 13.1. The number of β-lactam (4-membered cyclic amide) rings is 1. The molecule has 2 amide bonds. The number of piperidine rings is 1. The summed E-state index contributed by atoms with van der Waals surface area (Å²) in [5.74, 6) is -1.88. The highest BCUT2D eigenvalue weighted by Gasteiger charge is 2.63. The van der Waals surface area contributed by atoms with Crippen LogP contribution in [-0.4, -0.2) is 69.1 Å². The first-order valence-corrected chi connectivity index (χ1v) is 10.9. The van der Waals surface area contributed by atoms with Gasteiger partial charge in [-0.25, -0.2) is 9.59 Å². The monoisotopic (exact) mass is 471 g/mol. The molecule has 11 heteroatoms. The molecule has 0 saturated carbocycles. The number of ether oxygens (including phenoxy) is 2. The predicted molar refractivity (Wildman–Crippen MR) is 117 cm³/mol. The van der Waals surface area contributed by atoms with Crippen LogP contribution < -0.4 is 0 Å². The predicted octanol–water partition coefficient (Wildman–Crippen LogP) is 1.90.